The largest absolute Gasteiger partial charge is 0.488 e. The van der Waals surface area contributed by atoms with E-state index in [0.29, 0.717) is 18.7 Å². The SMILES string of the molecule is C/C(Cc1ccc(OCc2ccc(Br)s2)cc1)=N/O. The van der Waals surface area contributed by atoms with Gasteiger partial charge in [-0.25, -0.2) is 0 Å². The Bertz CT molecular complexity index is 563. The van der Waals surface area contributed by atoms with E-state index in [1.807, 2.05) is 36.4 Å². The summed E-state index contributed by atoms with van der Waals surface area (Å²) < 4.78 is 6.81. The average Bonchev–Trinajstić information content (AvgIpc) is 2.83. The molecule has 0 aliphatic heterocycles. The van der Waals surface area contributed by atoms with E-state index in [0.717, 1.165) is 15.1 Å². The Kier molecular flexibility index (Phi) is 4.99. The highest BCUT2D eigenvalue weighted by atomic mass is 79.9. The van der Waals surface area contributed by atoms with Crippen LogP contribution in [0.5, 0.6) is 5.75 Å². The summed E-state index contributed by atoms with van der Waals surface area (Å²) in [6.07, 6.45) is 0.647. The number of hydrogen-bond acceptors (Lipinski definition) is 4. The molecule has 0 spiro atoms. The zero-order valence-electron chi connectivity index (χ0n) is 10.5. The summed E-state index contributed by atoms with van der Waals surface area (Å²) in [5.41, 5.74) is 1.79. The van der Waals surface area contributed by atoms with E-state index < -0.39 is 0 Å². The fraction of sp³-hybridized carbons (Fsp3) is 0.214. The van der Waals surface area contributed by atoms with Crippen molar-refractivity contribution in [1.29, 1.82) is 0 Å². The van der Waals surface area contributed by atoms with Crippen LogP contribution >= 0.6 is 27.3 Å². The molecular formula is C14H14BrNO2S. The Morgan fingerprint density at radius 1 is 1.26 bits per heavy atom. The van der Waals surface area contributed by atoms with E-state index in [1.54, 1.807) is 18.3 Å². The minimum Gasteiger partial charge on any atom is -0.488 e. The number of ether oxygens (including phenoxy) is 1. The molecule has 0 saturated heterocycles. The Balaban J connectivity index is 1.91. The second-order valence-corrected chi connectivity index (χ2v) is 6.70. The van der Waals surface area contributed by atoms with Crippen LogP contribution in [0, 0.1) is 0 Å². The molecule has 1 N–H and O–H groups in total. The number of thiophene rings is 1. The van der Waals surface area contributed by atoms with E-state index in [-0.39, 0.29) is 0 Å². The first-order valence-corrected chi connectivity index (χ1v) is 7.42. The molecule has 100 valence electrons. The number of nitrogens with zero attached hydrogens (tertiary/aromatic N) is 1. The zero-order chi connectivity index (χ0) is 13.7. The van der Waals surface area contributed by atoms with Gasteiger partial charge in [0.15, 0.2) is 0 Å². The van der Waals surface area contributed by atoms with Gasteiger partial charge in [-0.2, -0.15) is 0 Å². The third-order valence-electron chi connectivity index (χ3n) is 2.56. The summed E-state index contributed by atoms with van der Waals surface area (Å²) in [6, 6.07) is 11.9. The van der Waals surface area contributed by atoms with Crippen LogP contribution in [0.4, 0.5) is 0 Å². The van der Waals surface area contributed by atoms with Crippen molar-refractivity contribution in [2.75, 3.05) is 0 Å². The van der Waals surface area contributed by atoms with Gasteiger partial charge < -0.3 is 9.94 Å². The standard InChI is InChI=1S/C14H14BrNO2S/c1-10(16-17)8-11-2-4-12(5-3-11)18-9-13-6-7-14(15)19-13/h2-7,17H,8-9H2,1H3/b16-10-. The van der Waals surface area contributed by atoms with Crippen LogP contribution in [-0.4, -0.2) is 10.9 Å². The lowest BCUT2D eigenvalue weighted by atomic mass is 10.1. The predicted molar refractivity (Wildman–Crippen MR) is 81.4 cm³/mol. The van der Waals surface area contributed by atoms with Crippen LogP contribution in [0.1, 0.15) is 17.4 Å². The van der Waals surface area contributed by atoms with Gasteiger partial charge in [0.2, 0.25) is 0 Å². The molecule has 0 radical (unpaired) electrons. The van der Waals surface area contributed by atoms with Gasteiger partial charge in [0.25, 0.3) is 0 Å². The normalized spacial score (nSPS) is 11.6. The number of halogens is 1. The first kappa shape index (κ1) is 14.1. The van der Waals surface area contributed by atoms with Crippen LogP contribution in [0.3, 0.4) is 0 Å². The second-order valence-electron chi connectivity index (χ2n) is 4.15. The fourth-order valence-corrected chi connectivity index (χ4v) is 3.01. The predicted octanol–water partition coefficient (Wildman–Crippen LogP) is 4.48. The molecule has 5 heteroatoms. The summed E-state index contributed by atoms with van der Waals surface area (Å²) in [5.74, 6) is 0.840. The summed E-state index contributed by atoms with van der Waals surface area (Å²) in [4.78, 5) is 1.18. The first-order valence-electron chi connectivity index (χ1n) is 5.81. The molecule has 19 heavy (non-hydrogen) atoms. The highest BCUT2D eigenvalue weighted by molar-refractivity contribution is 9.11. The lowest BCUT2D eigenvalue weighted by Gasteiger charge is -2.06. The third kappa shape index (κ3) is 4.36. The molecule has 1 aromatic carbocycles. The van der Waals surface area contributed by atoms with E-state index in [1.165, 1.54) is 4.88 Å². The molecular weight excluding hydrogens is 326 g/mol. The molecule has 1 heterocycles. The quantitative estimate of drug-likeness (QED) is 0.495. The lowest BCUT2D eigenvalue weighted by Crippen LogP contribution is -1.98. The van der Waals surface area contributed by atoms with Gasteiger partial charge in [0, 0.05) is 11.3 Å². The molecule has 0 saturated carbocycles. The molecule has 0 amide bonds. The maximum absolute atomic E-state index is 8.62. The number of hydrogen-bond donors (Lipinski definition) is 1. The van der Waals surface area contributed by atoms with Crippen molar-refractivity contribution >= 4 is 33.0 Å². The maximum Gasteiger partial charge on any atom is 0.122 e. The van der Waals surface area contributed by atoms with Crippen molar-refractivity contribution < 1.29 is 9.94 Å². The van der Waals surface area contributed by atoms with E-state index in [9.17, 15) is 0 Å². The zero-order valence-corrected chi connectivity index (χ0v) is 12.9. The van der Waals surface area contributed by atoms with Crippen molar-refractivity contribution in [3.63, 3.8) is 0 Å². The van der Waals surface area contributed by atoms with Crippen molar-refractivity contribution in [3.8, 4) is 5.75 Å². The van der Waals surface area contributed by atoms with Crippen LogP contribution < -0.4 is 4.74 Å². The van der Waals surface area contributed by atoms with E-state index in [2.05, 4.69) is 21.1 Å². The van der Waals surface area contributed by atoms with Crippen molar-refractivity contribution in [2.24, 2.45) is 5.16 Å². The molecule has 0 aliphatic carbocycles. The summed E-state index contributed by atoms with van der Waals surface area (Å²) in [7, 11) is 0. The smallest absolute Gasteiger partial charge is 0.122 e. The van der Waals surface area contributed by atoms with Crippen LogP contribution in [0.15, 0.2) is 45.3 Å². The van der Waals surface area contributed by atoms with Crippen molar-refractivity contribution in [1.82, 2.24) is 0 Å². The third-order valence-corrected chi connectivity index (χ3v) is 4.16. The van der Waals surface area contributed by atoms with E-state index >= 15 is 0 Å². The van der Waals surface area contributed by atoms with Crippen LogP contribution in [0.2, 0.25) is 0 Å². The maximum atomic E-state index is 8.62. The van der Waals surface area contributed by atoms with Crippen molar-refractivity contribution in [2.45, 2.75) is 20.0 Å². The Labute approximate surface area is 124 Å². The Hall–Kier alpha value is -1.33. The van der Waals surface area contributed by atoms with E-state index in [4.69, 9.17) is 9.94 Å². The Morgan fingerprint density at radius 2 is 2.00 bits per heavy atom. The van der Waals surface area contributed by atoms with Gasteiger partial charge >= 0.3 is 0 Å². The second kappa shape index (κ2) is 6.73. The summed E-state index contributed by atoms with van der Waals surface area (Å²) in [5, 5.41) is 11.8. The topological polar surface area (TPSA) is 41.8 Å². The summed E-state index contributed by atoms with van der Waals surface area (Å²) in [6.45, 7) is 2.37. The van der Waals surface area contributed by atoms with Gasteiger partial charge in [0.1, 0.15) is 12.4 Å². The van der Waals surface area contributed by atoms with Gasteiger partial charge in [0.05, 0.1) is 9.50 Å². The molecule has 0 aliphatic rings. The van der Waals surface area contributed by atoms with Gasteiger partial charge in [-0.3, -0.25) is 0 Å². The average molecular weight is 340 g/mol. The first-order chi connectivity index (χ1) is 9.17. The molecule has 0 unspecified atom stereocenters. The summed E-state index contributed by atoms with van der Waals surface area (Å²) >= 11 is 5.10. The molecule has 2 aromatic rings. The van der Waals surface area contributed by atoms with Gasteiger partial charge in [-0.15, -0.1) is 11.3 Å². The molecule has 1 aromatic heterocycles. The Morgan fingerprint density at radius 3 is 2.58 bits per heavy atom. The van der Waals surface area contributed by atoms with Gasteiger partial charge in [-0.1, -0.05) is 17.3 Å². The van der Waals surface area contributed by atoms with Crippen LogP contribution in [0.25, 0.3) is 0 Å². The monoisotopic (exact) mass is 339 g/mol. The van der Waals surface area contributed by atoms with Crippen LogP contribution in [-0.2, 0) is 13.0 Å². The molecule has 0 atom stereocenters. The minimum absolute atomic E-state index is 0.576. The molecule has 0 fully saturated rings. The fourth-order valence-electron chi connectivity index (χ4n) is 1.62. The molecule has 3 nitrogen and oxygen atoms in total. The lowest BCUT2D eigenvalue weighted by molar-refractivity contribution is 0.310. The number of benzene rings is 1. The highest BCUT2D eigenvalue weighted by Gasteiger charge is 2.01. The number of rotatable bonds is 5. The van der Waals surface area contributed by atoms with Crippen molar-refractivity contribution in [3.05, 3.63) is 50.6 Å². The highest BCUT2D eigenvalue weighted by Crippen LogP contribution is 2.23. The number of oxime groups is 1. The minimum atomic E-state index is 0.576. The van der Waals surface area contributed by atoms with Gasteiger partial charge in [-0.05, 0) is 52.7 Å². The molecule has 2 rings (SSSR count). The molecule has 0 bridgehead atoms.